The number of halogens is 1. The summed E-state index contributed by atoms with van der Waals surface area (Å²) >= 11 is 1.43. The van der Waals surface area contributed by atoms with Crippen molar-refractivity contribution in [1.29, 1.82) is 0 Å². The fraction of sp³-hybridized carbons (Fsp3) is 0.0714. The van der Waals surface area contributed by atoms with Gasteiger partial charge in [0.25, 0.3) is 0 Å². The van der Waals surface area contributed by atoms with Crippen LogP contribution in [0.1, 0.15) is 0 Å². The zero-order chi connectivity index (χ0) is 13.9. The number of benzene rings is 1. The molecule has 0 aliphatic heterocycles. The number of hydrogen-bond acceptors (Lipinski definition) is 5. The monoisotopic (exact) mass is 287 g/mol. The van der Waals surface area contributed by atoms with E-state index in [2.05, 4.69) is 15.0 Å². The Bertz CT molecular complexity index is 730. The SMILES string of the molecule is COc1ccc(F)cc1-c1csc(-c2cnccn2)n1. The zero-order valence-corrected chi connectivity index (χ0v) is 11.4. The molecular weight excluding hydrogens is 277 g/mol. The van der Waals surface area contributed by atoms with Crippen molar-refractivity contribution in [1.82, 2.24) is 15.0 Å². The molecule has 0 aliphatic rings. The lowest BCUT2D eigenvalue weighted by molar-refractivity contribution is 0.415. The fourth-order valence-electron chi connectivity index (χ4n) is 1.80. The van der Waals surface area contributed by atoms with Crippen molar-refractivity contribution in [3.63, 3.8) is 0 Å². The van der Waals surface area contributed by atoms with Gasteiger partial charge in [-0.3, -0.25) is 9.97 Å². The maximum atomic E-state index is 13.4. The van der Waals surface area contributed by atoms with Crippen LogP contribution in [-0.2, 0) is 0 Å². The number of nitrogens with zero attached hydrogens (tertiary/aromatic N) is 3. The Morgan fingerprint density at radius 3 is 2.85 bits per heavy atom. The lowest BCUT2D eigenvalue weighted by atomic mass is 10.1. The normalized spacial score (nSPS) is 10.5. The van der Waals surface area contributed by atoms with Gasteiger partial charge in [0.15, 0.2) is 0 Å². The van der Waals surface area contributed by atoms with Gasteiger partial charge in [-0.05, 0) is 18.2 Å². The lowest BCUT2D eigenvalue weighted by Gasteiger charge is -2.05. The number of methoxy groups -OCH3 is 1. The molecule has 0 radical (unpaired) electrons. The van der Waals surface area contributed by atoms with E-state index in [0.29, 0.717) is 22.7 Å². The van der Waals surface area contributed by atoms with Gasteiger partial charge in [0.2, 0.25) is 0 Å². The van der Waals surface area contributed by atoms with Crippen LogP contribution in [0.2, 0.25) is 0 Å². The zero-order valence-electron chi connectivity index (χ0n) is 10.6. The summed E-state index contributed by atoms with van der Waals surface area (Å²) in [5.41, 5.74) is 1.98. The molecule has 2 aromatic heterocycles. The summed E-state index contributed by atoms with van der Waals surface area (Å²) in [6.45, 7) is 0. The van der Waals surface area contributed by atoms with Crippen molar-refractivity contribution < 1.29 is 9.13 Å². The van der Waals surface area contributed by atoms with Gasteiger partial charge in [0.05, 0.1) is 19.0 Å². The highest BCUT2D eigenvalue weighted by molar-refractivity contribution is 7.13. The highest BCUT2D eigenvalue weighted by atomic mass is 32.1. The maximum Gasteiger partial charge on any atom is 0.144 e. The van der Waals surface area contributed by atoms with E-state index in [1.807, 2.05) is 5.38 Å². The molecule has 4 nitrogen and oxygen atoms in total. The van der Waals surface area contributed by atoms with E-state index in [4.69, 9.17) is 4.74 Å². The quantitative estimate of drug-likeness (QED) is 0.740. The second-order valence-electron chi connectivity index (χ2n) is 3.97. The Balaban J connectivity index is 2.04. The molecule has 100 valence electrons. The smallest absolute Gasteiger partial charge is 0.144 e. The molecule has 0 N–H and O–H groups in total. The molecule has 0 spiro atoms. The van der Waals surface area contributed by atoms with E-state index in [-0.39, 0.29) is 5.82 Å². The topological polar surface area (TPSA) is 47.9 Å². The van der Waals surface area contributed by atoms with Crippen molar-refractivity contribution in [3.8, 4) is 27.7 Å². The van der Waals surface area contributed by atoms with Gasteiger partial charge in [0, 0.05) is 23.3 Å². The number of rotatable bonds is 3. The molecule has 3 aromatic rings. The van der Waals surface area contributed by atoms with E-state index in [9.17, 15) is 4.39 Å². The summed E-state index contributed by atoms with van der Waals surface area (Å²) < 4.78 is 18.6. The minimum Gasteiger partial charge on any atom is -0.496 e. The molecule has 2 heterocycles. The average Bonchev–Trinajstić information content (AvgIpc) is 2.98. The molecule has 1 aromatic carbocycles. The van der Waals surface area contributed by atoms with E-state index in [0.717, 1.165) is 5.01 Å². The highest BCUT2D eigenvalue weighted by Gasteiger charge is 2.12. The van der Waals surface area contributed by atoms with E-state index >= 15 is 0 Å². The fourth-order valence-corrected chi connectivity index (χ4v) is 2.59. The highest BCUT2D eigenvalue weighted by Crippen LogP contribution is 2.33. The first-order chi connectivity index (χ1) is 9.78. The minimum absolute atomic E-state index is 0.324. The third-order valence-electron chi connectivity index (χ3n) is 2.72. The van der Waals surface area contributed by atoms with Crippen LogP contribution in [0.5, 0.6) is 5.75 Å². The van der Waals surface area contributed by atoms with Gasteiger partial charge >= 0.3 is 0 Å². The van der Waals surface area contributed by atoms with Crippen LogP contribution in [-0.4, -0.2) is 22.1 Å². The van der Waals surface area contributed by atoms with Crippen molar-refractivity contribution in [2.24, 2.45) is 0 Å². The number of thiazole rings is 1. The maximum absolute atomic E-state index is 13.4. The third-order valence-corrected chi connectivity index (χ3v) is 3.59. The molecule has 0 bridgehead atoms. The minimum atomic E-state index is -0.324. The van der Waals surface area contributed by atoms with E-state index in [1.165, 1.54) is 23.5 Å². The average molecular weight is 287 g/mol. The van der Waals surface area contributed by atoms with Crippen molar-refractivity contribution >= 4 is 11.3 Å². The van der Waals surface area contributed by atoms with Gasteiger partial charge < -0.3 is 4.74 Å². The lowest BCUT2D eigenvalue weighted by Crippen LogP contribution is -1.90. The van der Waals surface area contributed by atoms with Gasteiger partial charge in [0.1, 0.15) is 22.3 Å². The summed E-state index contributed by atoms with van der Waals surface area (Å²) in [6, 6.07) is 4.36. The molecule has 0 unspecified atom stereocenters. The van der Waals surface area contributed by atoms with Crippen molar-refractivity contribution in [2.75, 3.05) is 7.11 Å². The van der Waals surface area contributed by atoms with Gasteiger partial charge in [-0.1, -0.05) is 0 Å². The summed E-state index contributed by atoms with van der Waals surface area (Å²) in [5.74, 6) is 0.261. The first kappa shape index (κ1) is 12.7. The number of ether oxygens (including phenoxy) is 1. The third kappa shape index (κ3) is 2.37. The van der Waals surface area contributed by atoms with Crippen LogP contribution in [0, 0.1) is 5.82 Å². The number of aromatic nitrogens is 3. The van der Waals surface area contributed by atoms with Crippen molar-refractivity contribution in [3.05, 3.63) is 48.0 Å². The molecule has 0 atom stereocenters. The Labute approximate surface area is 118 Å². The first-order valence-electron chi connectivity index (χ1n) is 5.84. The molecule has 20 heavy (non-hydrogen) atoms. The standard InChI is InChI=1S/C14H10FN3OS/c1-19-13-3-2-9(15)6-10(13)12-8-20-14(18-12)11-7-16-4-5-17-11/h2-8H,1H3. The Kier molecular flexibility index (Phi) is 3.39. The summed E-state index contributed by atoms with van der Waals surface area (Å²) in [4.78, 5) is 12.7. The molecule has 3 rings (SSSR count). The Morgan fingerprint density at radius 1 is 1.20 bits per heavy atom. The van der Waals surface area contributed by atoms with Gasteiger partial charge in [-0.25, -0.2) is 9.37 Å². The second kappa shape index (κ2) is 5.34. The van der Waals surface area contributed by atoms with Gasteiger partial charge in [-0.2, -0.15) is 0 Å². The van der Waals surface area contributed by atoms with E-state index in [1.54, 1.807) is 31.8 Å². The van der Waals surface area contributed by atoms with Crippen LogP contribution < -0.4 is 4.74 Å². The number of hydrogen-bond donors (Lipinski definition) is 0. The van der Waals surface area contributed by atoms with Crippen LogP contribution >= 0.6 is 11.3 Å². The first-order valence-corrected chi connectivity index (χ1v) is 6.71. The Morgan fingerprint density at radius 2 is 2.10 bits per heavy atom. The van der Waals surface area contributed by atoms with E-state index < -0.39 is 0 Å². The van der Waals surface area contributed by atoms with Crippen LogP contribution in [0.25, 0.3) is 22.0 Å². The van der Waals surface area contributed by atoms with Crippen LogP contribution in [0.4, 0.5) is 4.39 Å². The van der Waals surface area contributed by atoms with Crippen LogP contribution in [0.3, 0.4) is 0 Å². The molecule has 0 fully saturated rings. The summed E-state index contributed by atoms with van der Waals surface area (Å²) in [5, 5.41) is 2.58. The molecule has 0 amide bonds. The predicted octanol–water partition coefficient (Wildman–Crippen LogP) is 3.41. The van der Waals surface area contributed by atoms with Crippen LogP contribution in [0.15, 0.2) is 42.2 Å². The molecule has 0 saturated heterocycles. The molecule has 6 heteroatoms. The molecule has 0 saturated carbocycles. The second-order valence-corrected chi connectivity index (χ2v) is 4.83. The molecular formula is C14H10FN3OS. The largest absolute Gasteiger partial charge is 0.496 e. The predicted molar refractivity (Wildman–Crippen MR) is 75.1 cm³/mol. The van der Waals surface area contributed by atoms with Gasteiger partial charge in [-0.15, -0.1) is 11.3 Å². The summed E-state index contributed by atoms with van der Waals surface area (Å²) in [6.07, 6.45) is 4.86. The molecule has 0 aliphatic carbocycles. The van der Waals surface area contributed by atoms with Crippen molar-refractivity contribution in [2.45, 2.75) is 0 Å². The Hall–Kier alpha value is -2.34. The summed E-state index contributed by atoms with van der Waals surface area (Å²) in [7, 11) is 1.55.